The van der Waals surface area contributed by atoms with Gasteiger partial charge in [0.15, 0.2) is 11.5 Å². The van der Waals surface area contributed by atoms with Crippen LogP contribution in [0.1, 0.15) is 68.9 Å². The molecule has 5 aliphatic carbocycles. The number of alkyl halides is 2. The largest absolute Gasteiger partial charge is 0.586 e. The van der Waals surface area contributed by atoms with Gasteiger partial charge in [-0.1, -0.05) is 12.1 Å². The number of aromatic nitrogens is 2. The summed E-state index contributed by atoms with van der Waals surface area (Å²) in [4.78, 5) is 8.86. The normalized spacial score (nSPS) is 33.8. The van der Waals surface area contributed by atoms with E-state index < -0.39 is 6.29 Å². The lowest BCUT2D eigenvalue weighted by Gasteiger charge is -2.60. The molecule has 3 unspecified atom stereocenters. The van der Waals surface area contributed by atoms with Crippen LogP contribution < -0.4 is 25.4 Å². The summed E-state index contributed by atoms with van der Waals surface area (Å²) < 4.78 is 36.4. The van der Waals surface area contributed by atoms with E-state index in [1.165, 1.54) is 44.4 Å². The Labute approximate surface area is 244 Å². The van der Waals surface area contributed by atoms with Crippen LogP contribution in [0, 0.1) is 40.4 Å². The van der Waals surface area contributed by atoms with Gasteiger partial charge in [0.1, 0.15) is 17.5 Å². The summed E-state index contributed by atoms with van der Waals surface area (Å²) in [5.41, 5.74) is 1.06. The van der Waals surface area contributed by atoms with Crippen molar-refractivity contribution in [3.63, 3.8) is 0 Å². The topological polar surface area (TPSA) is 124 Å². The predicted molar refractivity (Wildman–Crippen MR) is 151 cm³/mol. The molecule has 2 aromatic rings. The smallest absolute Gasteiger partial charge is 0.395 e. The molecule has 9 nitrogen and oxygen atoms in total. The van der Waals surface area contributed by atoms with Crippen molar-refractivity contribution in [2.24, 2.45) is 29.1 Å². The van der Waals surface area contributed by atoms with Crippen LogP contribution in [-0.2, 0) is 6.54 Å². The van der Waals surface area contributed by atoms with Crippen LogP contribution in [0.4, 0.5) is 20.5 Å². The third-order valence-electron chi connectivity index (χ3n) is 10.3. The zero-order chi connectivity index (χ0) is 28.9. The number of ether oxygens (including phenoxy) is 2. The first-order chi connectivity index (χ1) is 20.3. The molecule has 6 aliphatic rings. The van der Waals surface area contributed by atoms with Gasteiger partial charge in [0.25, 0.3) is 0 Å². The van der Waals surface area contributed by atoms with Crippen LogP contribution in [0.3, 0.4) is 0 Å². The van der Waals surface area contributed by atoms with Crippen LogP contribution in [0.2, 0.25) is 0 Å². The first-order valence-corrected chi connectivity index (χ1v) is 15.3. The van der Waals surface area contributed by atoms with Crippen LogP contribution >= 0.6 is 0 Å². The molecule has 5 atom stereocenters. The van der Waals surface area contributed by atoms with E-state index >= 15 is 0 Å². The number of anilines is 2. The molecule has 2 heterocycles. The Morgan fingerprint density at radius 1 is 1.05 bits per heavy atom. The Morgan fingerprint density at radius 3 is 2.60 bits per heavy atom. The molecule has 11 heteroatoms. The van der Waals surface area contributed by atoms with Gasteiger partial charge in [0.05, 0.1) is 12.3 Å². The fraction of sp³-hybridized carbons (Fsp3) is 0.645. The number of aliphatic hydroxyl groups excluding tert-OH is 1. The van der Waals surface area contributed by atoms with E-state index in [0.29, 0.717) is 46.7 Å². The van der Waals surface area contributed by atoms with Gasteiger partial charge in [-0.25, -0.2) is 4.98 Å². The number of halogens is 2. The Kier molecular flexibility index (Phi) is 7.09. The van der Waals surface area contributed by atoms with Gasteiger partial charge >= 0.3 is 6.29 Å². The highest BCUT2D eigenvalue weighted by Gasteiger charge is 2.55. The van der Waals surface area contributed by atoms with Crippen LogP contribution in [0.25, 0.3) is 0 Å². The van der Waals surface area contributed by atoms with Gasteiger partial charge in [-0.2, -0.15) is 10.2 Å². The zero-order valence-corrected chi connectivity index (χ0v) is 23.6. The van der Waals surface area contributed by atoms with E-state index in [-0.39, 0.29) is 29.6 Å². The molecule has 1 aromatic carbocycles. The predicted octanol–water partition coefficient (Wildman–Crippen LogP) is 5.03. The fourth-order valence-electron chi connectivity index (χ4n) is 8.69. The summed E-state index contributed by atoms with van der Waals surface area (Å²) >= 11 is 0. The van der Waals surface area contributed by atoms with Crippen molar-refractivity contribution in [2.75, 3.05) is 23.7 Å². The number of fused-ring (bicyclic) bond motifs is 1. The van der Waals surface area contributed by atoms with Crippen molar-refractivity contribution in [3.8, 4) is 17.6 Å². The minimum Gasteiger partial charge on any atom is -0.395 e. The second kappa shape index (κ2) is 10.8. The number of rotatable bonds is 9. The summed E-state index contributed by atoms with van der Waals surface area (Å²) in [5, 5.41) is 30.2. The third-order valence-corrected chi connectivity index (χ3v) is 10.3. The highest BCUT2D eigenvalue weighted by molar-refractivity contribution is 5.54. The number of benzene rings is 1. The maximum absolute atomic E-state index is 13.6. The van der Waals surface area contributed by atoms with E-state index in [4.69, 9.17) is 0 Å². The molecule has 0 saturated heterocycles. The molecule has 0 amide bonds. The van der Waals surface area contributed by atoms with E-state index in [1.54, 1.807) is 12.1 Å². The summed E-state index contributed by atoms with van der Waals surface area (Å²) in [6.45, 7) is 1.98. The third kappa shape index (κ3) is 5.47. The van der Waals surface area contributed by atoms with Crippen LogP contribution in [-0.4, -0.2) is 46.6 Å². The van der Waals surface area contributed by atoms with Crippen molar-refractivity contribution in [2.45, 2.75) is 82.8 Å². The summed E-state index contributed by atoms with van der Waals surface area (Å²) in [7, 11) is 0. The number of para-hydroxylation sites is 1. The average Bonchev–Trinajstić information content (AvgIpc) is 3.29. The zero-order valence-electron chi connectivity index (χ0n) is 23.6. The molecule has 5 fully saturated rings. The lowest BCUT2D eigenvalue weighted by Crippen LogP contribution is -2.60. The average molecular weight is 581 g/mol. The Morgan fingerprint density at radius 2 is 1.83 bits per heavy atom. The fourth-order valence-corrected chi connectivity index (χ4v) is 8.69. The molecule has 42 heavy (non-hydrogen) atoms. The molecular weight excluding hydrogens is 542 g/mol. The minimum absolute atomic E-state index is 0.00542. The molecule has 0 radical (unpaired) electrons. The van der Waals surface area contributed by atoms with Gasteiger partial charge < -0.3 is 30.5 Å². The minimum atomic E-state index is -3.69. The molecule has 224 valence electrons. The quantitative estimate of drug-likeness (QED) is 0.323. The molecule has 4 bridgehead atoms. The number of nitriles is 1. The molecular formula is C31H38F2N6O3. The Balaban J connectivity index is 0.986. The number of aliphatic hydroxyl groups is 1. The van der Waals surface area contributed by atoms with E-state index in [0.717, 1.165) is 44.7 Å². The van der Waals surface area contributed by atoms with Crippen molar-refractivity contribution < 1.29 is 23.4 Å². The lowest BCUT2D eigenvalue weighted by atomic mass is 9.48. The van der Waals surface area contributed by atoms with Crippen molar-refractivity contribution in [1.82, 2.24) is 15.3 Å². The van der Waals surface area contributed by atoms with Gasteiger partial charge in [0, 0.05) is 24.7 Å². The lowest BCUT2D eigenvalue weighted by molar-refractivity contribution is -0.286. The first-order valence-electron chi connectivity index (χ1n) is 15.3. The van der Waals surface area contributed by atoms with Gasteiger partial charge in [0.2, 0.25) is 5.95 Å². The second-order valence-corrected chi connectivity index (χ2v) is 13.3. The van der Waals surface area contributed by atoms with E-state index in [1.807, 2.05) is 0 Å². The van der Waals surface area contributed by atoms with Gasteiger partial charge in [-0.3, -0.25) is 0 Å². The maximum atomic E-state index is 13.6. The standard InChI is InChI=1S/C31H38F2N6O3/c32-31(33)41-25-3-1-2-20(27(25)42-31)15-36-29-37-16-23(13-34)28(39-29)38-17-30-10-19-8-21(11-30)26(22(9-19)12-30)35-14-18-4-6-24(40)7-5-18/h1-3,16,18-19,21-22,24,26,35,40H,4-12,14-15,17H2,(H2,36,37,38,39)/t18?,19?,21-,22+,24?,26?,30?. The molecule has 0 spiro atoms. The van der Waals surface area contributed by atoms with Gasteiger partial charge in [-0.15, -0.1) is 8.78 Å². The number of hydrogen-bond donors (Lipinski definition) is 4. The molecule has 5 saturated carbocycles. The van der Waals surface area contributed by atoms with Gasteiger partial charge in [-0.05, 0) is 99.5 Å². The first kappa shape index (κ1) is 27.6. The van der Waals surface area contributed by atoms with Crippen LogP contribution in [0.15, 0.2) is 24.4 Å². The van der Waals surface area contributed by atoms with Crippen LogP contribution in [0.5, 0.6) is 11.5 Å². The SMILES string of the molecule is N#Cc1cnc(NCc2cccc3c2OC(F)(F)O3)nc1NCC12CC3C[C@H](C1)C(NCC1CCC(O)CC1)[C@@H](C3)C2. The van der Waals surface area contributed by atoms with Crippen molar-refractivity contribution in [3.05, 3.63) is 35.5 Å². The Bertz CT molecular complexity index is 1340. The van der Waals surface area contributed by atoms with Crippen molar-refractivity contribution >= 4 is 11.8 Å². The summed E-state index contributed by atoms with van der Waals surface area (Å²) in [5.74, 6) is 3.56. The monoisotopic (exact) mass is 580 g/mol. The molecule has 8 rings (SSSR count). The summed E-state index contributed by atoms with van der Waals surface area (Å²) in [6.07, 6.45) is 7.97. The van der Waals surface area contributed by atoms with E-state index in [9.17, 15) is 19.1 Å². The number of nitrogens with zero attached hydrogens (tertiary/aromatic N) is 3. The highest BCUT2D eigenvalue weighted by Crippen LogP contribution is 2.60. The number of nitrogens with one attached hydrogen (secondary N) is 3. The van der Waals surface area contributed by atoms with E-state index in [2.05, 4.69) is 41.5 Å². The molecule has 4 N–H and O–H groups in total. The molecule has 1 aliphatic heterocycles. The Hall–Kier alpha value is -3.23. The second-order valence-electron chi connectivity index (χ2n) is 13.3. The molecule has 1 aromatic heterocycles. The van der Waals surface area contributed by atoms with Crippen molar-refractivity contribution in [1.29, 1.82) is 5.26 Å². The maximum Gasteiger partial charge on any atom is 0.586 e. The number of hydrogen-bond acceptors (Lipinski definition) is 9. The summed E-state index contributed by atoms with van der Waals surface area (Å²) in [6, 6.07) is 7.51. The highest BCUT2D eigenvalue weighted by atomic mass is 19.3.